The van der Waals surface area contributed by atoms with Gasteiger partial charge in [0.2, 0.25) is 0 Å². The van der Waals surface area contributed by atoms with Gasteiger partial charge >= 0.3 is 0 Å². The number of carbonyl (C=O) groups is 1. The number of benzene rings is 1. The predicted octanol–water partition coefficient (Wildman–Crippen LogP) is 2.77. The summed E-state index contributed by atoms with van der Waals surface area (Å²) in [6.45, 7) is 1.98. The van der Waals surface area contributed by atoms with E-state index in [4.69, 9.17) is 11.6 Å². The normalized spacial score (nSPS) is 11.3. The number of hydrogen-bond acceptors (Lipinski definition) is 1. The smallest absolute Gasteiger partial charge is 0.144 e. The molecule has 0 aliphatic carbocycles. The Morgan fingerprint density at radius 2 is 2.25 bits per heavy atom. The van der Waals surface area contributed by atoms with Gasteiger partial charge in [-0.1, -0.05) is 41.4 Å². The molecule has 2 heteroatoms. The van der Waals surface area contributed by atoms with E-state index in [9.17, 15) is 4.79 Å². The third-order valence-electron chi connectivity index (χ3n) is 1.51. The number of aryl methyl sites for hydroxylation is 1. The molecule has 0 bridgehead atoms. The molecule has 0 saturated heterocycles. The summed E-state index contributed by atoms with van der Waals surface area (Å²) in [5, 5.41) is 0.480. The minimum atomic E-state index is 0.480. The van der Waals surface area contributed by atoms with Gasteiger partial charge in [0.1, 0.15) is 6.29 Å². The van der Waals surface area contributed by atoms with Crippen molar-refractivity contribution in [3.63, 3.8) is 0 Å². The number of rotatable bonds is 2. The minimum Gasteiger partial charge on any atom is -0.299 e. The Kier molecular flexibility index (Phi) is 3.06. The zero-order valence-corrected chi connectivity index (χ0v) is 7.51. The average molecular weight is 181 g/mol. The molecule has 0 unspecified atom stereocenters. The molecule has 12 heavy (non-hydrogen) atoms. The first-order valence-electron chi connectivity index (χ1n) is 3.62. The van der Waals surface area contributed by atoms with E-state index in [0.717, 1.165) is 11.1 Å². The van der Waals surface area contributed by atoms with Crippen LogP contribution in [0.4, 0.5) is 0 Å². The molecule has 0 aromatic heterocycles. The Labute approximate surface area is 76.7 Å². The summed E-state index contributed by atoms with van der Waals surface area (Å²) < 4.78 is 0. The monoisotopic (exact) mass is 180 g/mol. The summed E-state index contributed by atoms with van der Waals surface area (Å²) in [7, 11) is 0. The van der Waals surface area contributed by atoms with E-state index in [1.165, 1.54) is 6.08 Å². The molecule has 1 aromatic carbocycles. The molecule has 0 saturated carbocycles. The molecule has 0 atom stereocenters. The zero-order chi connectivity index (χ0) is 8.97. The predicted molar refractivity (Wildman–Crippen MR) is 51.1 cm³/mol. The van der Waals surface area contributed by atoms with Crippen molar-refractivity contribution >= 4 is 22.9 Å². The fourth-order valence-electron chi connectivity index (χ4n) is 0.950. The van der Waals surface area contributed by atoms with Gasteiger partial charge in [-0.25, -0.2) is 0 Å². The van der Waals surface area contributed by atoms with Crippen LogP contribution < -0.4 is 0 Å². The summed E-state index contributed by atoms with van der Waals surface area (Å²) in [6, 6.07) is 7.69. The van der Waals surface area contributed by atoms with Gasteiger partial charge in [0, 0.05) is 0 Å². The lowest BCUT2D eigenvalue weighted by atomic mass is 10.1. The third-order valence-corrected chi connectivity index (χ3v) is 1.85. The van der Waals surface area contributed by atoms with Gasteiger partial charge < -0.3 is 0 Å². The highest BCUT2D eigenvalue weighted by molar-refractivity contribution is 6.49. The molecular weight excluding hydrogens is 172 g/mol. The number of halogens is 1. The first-order chi connectivity index (χ1) is 5.74. The van der Waals surface area contributed by atoms with E-state index < -0.39 is 0 Å². The van der Waals surface area contributed by atoms with Crippen LogP contribution >= 0.6 is 11.6 Å². The Hall–Kier alpha value is -1.08. The maximum atomic E-state index is 10.1. The summed E-state index contributed by atoms with van der Waals surface area (Å²) in [6.07, 6.45) is 2.03. The SMILES string of the molecule is Cc1cccc(C(Cl)=CC=O)c1. The third kappa shape index (κ3) is 2.21. The molecule has 1 nitrogen and oxygen atoms in total. The Bertz CT molecular complexity index is 315. The second kappa shape index (κ2) is 4.07. The standard InChI is InChI=1S/C10H9ClO/c1-8-3-2-4-9(7-8)10(11)5-6-12/h2-7H,1H3. The van der Waals surface area contributed by atoms with Crippen LogP contribution in [0.5, 0.6) is 0 Å². The number of carbonyl (C=O) groups excluding carboxylic acids is 1. The van der Waals surface area contributed by atoms with Crippen molar-refractivity contribution in [3.8, 4) is 0 Å². The molecule has 1 aromatic rings. The zero-order valence-electron chi connectivity index (χ0n) is 6.75. The minimum absolute atomic E-state index is 0.480. The highest BCUT2D eigenvalue weighted by atomic mass is 35.5. The number of allylic oxidation sites excluding steroid dienone is 1. The lowest BCUT2D eigenvalue weighted by Gasteiger charge is -1.98. The van der Waals surface area contributed by atoms with Gasteiger partial charge in [-0.15, -0.1) is 0 Å². The Morgan fingerprint density at radius 1 is 1.50 bits per heavy atom. The first kappa shape index (κ1) is 9.01. The van der Waals surface area contributed by atoms with Crippen molar-refractivity contribution in [2.45, 2.75) is 6.92 Å². The summed E-state index contributed by atoms with van der Waals surface area (Å²) in [4.78, 5) is 10.1. The first-order valence-corrected chi connectivity index (χ1v) is 4.00. The van der Waals surface area contributed by atoms with Crippen molar-refractivity contribution in [2.75, 3.05) is 0 Å². The molecule has 0 aliphatic rings. The highest BCUT2D eigenvalue weighted by Crippen LogP contribution is 2.18. The fraction of sp³-hybridized carbons (Fsp3) is 0.100. The van der Waals surface area contributed by atoms with Crippen molar-refractivity contribution in [1.29, 1.82) is 0 Å². The molecule has 0 heterocycles. The van der Waals surface area contributed by atoms with E-state index in [0.29, 0.717) is 11.3 Å². The van der Waals surface area contributed by atoms with Gasteiger partial charge in [-0.05, 0) is 18.6 Å². The van der Waals surface area contributed by atoms with Crippen molar-refractivity contribution in [3.05, 3.63) is 41.5 Å². The maximum absolute atomic E-state index is 10.1. The summed E-state index contributed by atoms with van der Waals surface area (Å²) in [5.41, 5.74) is 2.01. The molecule has 0 N–H and O–H groups in total. The lowest BCUT2D eigenvalue weighted by Crippen LogP contribution is -1.79. The molecular formula is C10H9ClO. The van der Waals surface area contributed by atoms with Crippen molar-refractivity contribution in [2.24, 2.45) is 0 Å². The second-order valence-electron chi connectivity index (χ2n) is 2.52. The molecule has 0 amide bonds. The van der Waals surface area contributed by atoms with Crippen molar-refractivity contribution < 1.29 is 4.79 Å². The molecule has 62 valence electrons. The van der Waals surface area contributed by atoms with Crippen LogP contribution in [0.2, 0.25) is 0 Å². The van der Waals surface area contributed by atoms with E-state index in [1.807, 2.05) is 31.2 Å². The van der Waals surface area contributed by atoms with E-state index in [-0.39, 0.29) is 0 Å². The van der Waals surface area contributed by atoms with Crippen molar-refractivity contribution in [1.82, 2.24) is 0 Å². The Balaban J connectivity index is 3.03. The molecule has 0 spiro atoms. The number of aldehydes is 1. The van der Waals surface area contributed by atoms with Gasteiger partial charge in [0.15, 0.2) is 0 Å². The van der Waals surface area contributed by atoms with Crippen LogP contribution in [0.1, 0.15) is 11.1 Å². The lowest BCUT2D eigenvalue weighted by molar-refractivity contribution is -0.104. The maximum Gasteiger partial charge on any atom is 0.144 e. The number of hydrogen-bond donors (Lipinski definition) is 0. The quantitative estimate of drug-likeness (QED) is 0.505. The molecule has 0 radical (unpaired) electrons. The average Bonchev–Trinajstić information content (AvgIpc) is 2.05. The molecule has 1 rings (SSSR count). The van der Waals surface area contributed by atoms with Gasteiger partial charge in [0.05, 0.1) is 5.03 Å². The van der Waals surface area contributed by atoms with Crippen LogP contribution in [-0.2, 0) is 4.79 Å². The highest BCUT2D eigenvalue weighted by Gasteiger charge is 1.95. The van der Waals surface area contributed by atoms with Gasteiger partial charge in [0.25, 0.3) is 0 Å². The largest absolute Gasteiger partial charge is 0.299 e. The fourth-order valence-corrected chi connectivity index (χ4v) is 1.12. The van der Waals surface area contributed by atoms with Crippen LogP contribution in [-0.4, -0.2) is 6.29 Å². The van der Waals surface area contributed by atoms with E-state index in [1.54, 1.807) is 0 Å². The van der Waals surface area contributed by atoms with E-state index >= 15 is 0 Å². The van der Waals surface area contributed by atoms with Gasteiger partial charge in [-0.3, -0.25) is 4.79 Å². The van der Waals surface area contributed by atoms with Crippen LogP contribution in [0.3, 0.4) is 0 Å². The summed E-state index contributed by atoms with van der Waals surface area (Å²) >= 11 is 5.81. The Morgan fingerprint density at radius 3 is 2.83 bits per heavy atom. The molecule has 0 aliphatic heterocycles. The summed E-state index contributed by atoms with van der Waals surface area (Å²) in [5.74, 6) is 0. The van der Waals surface area contributed by atoms with Crippen LogP contribution in [0.15, 0.2) is 30.3 Å². The van der Waals surface area contributed by atoms with Crippen LogP contribution in [0.25, 0.3) is 5.03 Å². The van der Waals surface area contributed by atoms with Gasteiger partial charge in [-0.2, -0.15) is 0 Å². The van der Waals surface area contributed by atoms with E-state index in [2.05, 4.69) is 0 Å². The molecule has 0 fully saturated rings. The van der Waals surface area contributed by atoms with Crippen LogP contribution in [0, 0.1) is 6.92 Å². The topological polar surface area (TPSA) is 17.1 Å². The second-order valence-corrected chi connectivity index (χ2v) is 2.93.